The van der Waals surface area contributed by atoms with Crippen LogP contribution in [0.1, 0.15) is 40.2 Å². The van der Waals surface area contributed by atoms with Crippen molar-refractivity contribution < 1.29 is 33.4 Å². The summed E-state index contributed by atoms with van der Waals surface area (Å²) in [5.74, 6) is -1.04. The summed E-state index contributed by atoms with van der Waals surface area (Å²) in [6, 6.07) is 16.9. The number of halogens is 1. The van der Waals surface area contributed by atoms with Crippen LogP contribution in [0.2, 0.25) is 0 Å². The van der Waals surface area contributed by atoms with Crippen LogP contribution >= 0.6 is 11.8 Å². The third kappa shape index (κ3) is 6.55. The van der Waals surface area contributed by atoms with Gasteiger partial charge < -0.3 is 19.9 Å². The Morgan fingerprint density at radius 3 is 2.51 bits per heavy atom. The molecule has 11 heteroatoms. The number of para-hydroxylation sites is 2. The number of ether oxygens (including phenoxy) is 2. The number of nitrogens with one attached hydrogen (secondary N) is 1. The third-order valence-corrected chi connectivity index (χ3v) is 6.93. The van der Waals surface area contributed by atoms with Gasteiger partial charge in [-0.15, -0.1) is 0 Å². The van der Waals surface area contributed by atoms with Crippen molar-refractivity contribution in [2.75, 3.05) is 20.3 Å². The second-order valence-corrected chi connectivity index (χ2v) is 9.59. The van der Waals surface area contributed by atoms with Gasteiger partial charge in [0.1, 0.15) is 27.8 Å². The molecule has 0 saturated carbocycles. The van der Waals surface area contributed by atoms with E-state index in [4.69, 9.17) is 9.47 Å². The first-order valence-electron chi connectivity index (χ1n) is 12.0. The lowest BCUT2D eigenvalue weighted by Gasteiger charge is -2.24. The second-order valence-electron chi connectivity index (χ2n) is 8.52. The number of nitrogens with zero attached hydrogens (tertiary/aromatic N) is 2. The standard InChI is InChI=1S/C28H26FN3O6S/c1-17(33)14-15-30-24(35)16-38-23-9-5-7-21(25(23)37-2)28-32(27(36)20-6-3-4-8-22(20)34)31-26(39-28)18-10-12-19(29)13-11-18/h3-13,28,34H,14-16H2,1-2H3,(H,30,35). The van der Waals surface area contributed by atoms with E-state index in [1.54, 1.807) is 42.5 Å². The van der Waals surface area contributed by atoms with Gasteiger partial charge in [-0.2, -0.15) is 5.10 Å². The number of phenolic OH excluding ortho intramolecular Hbond substituents is 1. The largest absolute Gasteiger partial charge is 0.507 e. The maximum Gasteiger partial charge on any atom is 0.279 e. The van der Waals surface area contributed by atoms with Gasteiger partial charge in [0.15, 0.2) is 18.1 Å². The zero-order valence-electron chi connectivity index (χ0n) is 21.2. The normalized spacial score (nSPS) is 14.5. The van der Waals surface area contributed by atoms with Crippen molar-refractivity contribution in [3.05, 3.63) is 89.2 Å². The maximum absolute atomic E-state index is 13.6. The molecule has 0 aromatic heterocycles. The molecule has 0 fully saturated rings. The molecule has 39 heavy (non-hydrogen) atoms. The Morgan fingerprint density at radius 2 is 1.82 bits per heavy atom. The van der Waals surface area contributed by atoms with Crippen LogP contribution in [0.4, 0.5) is 4.39 Å². The minimum atomic E-state index is -0.736. The SMILES string of the molecule is COc1c(OCC(=O)NCCC(C)=O)cccc1C1SC(c2ccc(F)cc2)=NN1C(=O)c1ccccc1O. The Bertz CT molecular complexity index is 1410. The fourth-order valence-electron chi connectivity index (χ4n) is 3.80. The summed E-state index contributed by atoms with van der Waals surface area (Å²) in [6.07, 6.45) is 0.223. The fraction of sp³-hybridized carbons (Fsp3) is 0.214. The zero-order chi connectivity index (χ0) is 27.9. The summed E-state index contributed by atoms with van der Waals surface area (Å²) in [5, 5.41) is 18.4. The van der Waals surface area contributed by atoms with E-state index in [0.29, 0.717) is 16.2 Å². The van der Waals surface area contributed by atoms with Crippen molar-refractivity contribution in [1.82, 2.24) is 10.3 Å². The van der Waals surface area contributed by atoms with Crippen LogP contribution in [0.5, 0.6) is 17.2 Å². The summed E-state index contributed by atoms with van der Waals surface area (Å²) in [7, 11) is 1.44. The van der Waals surface area contributed by atoms with Gasteiger partial charge in [0.25, 0.3) is 11.8 Å². The Balaban J connectivity index is 1.64. The van der Waals surface area contributed by atoms with Crippen LogP contribution in [0, 0.1) is 5.82 Å². The molecule has 2 N–H and O–H groups in total. The molecule has 1 aliphatic rings. The Hall–Kier alpha value is -4.38. The molecule has 1 aliphatic heterocycles. The van der Waals surface area contributed by atoms with E-state index in [9.17, 15) is 23.9 Å². The van der Waals surface area contributed by atoms with E-state index in [1.165, 1.54) is 55.1 Å². The lowest BCUT2D eigenvalue weighted by atomic mass is 10.1. The molecule has 4 rings (SSSR count). The number of hydrazone groups is 1. The van der Waals surface area contributed by atoms with Gasteiger partial charge in [-0.05, 0) is 49.4 Å². The highest BCUT2D eigenvalue weighted by molar-refractivity contribution is 8.14. The highest BCUT2D eigenvalue weighted by Gasteiger charge is 2.37. The molecule has 3 aromatic carbocycles. The number of hydrogen-bond donors (Lipinski definition) is 2. The fourth-order valence-corrected chi connectivity index (χ4v) is 4.98. The van der Waals surface area contributed by atoms with Crippen molar-refractivity contribution in [3.63, 3.8) is 0 Å². The molecule has 202 valence electrons. The van der Waals surface area contributed by atoms with Gasteiger partial charge in [0.2, 0.25) is 0 Å². The monoisotopic (exact) mass is 551 g/mol. The van der Waals surface area contributed by atoms with Crippen molar-refractivity contribution in [2.45, 2.75) is 18.7 Å². The smallest absolute Gasteiger partial charge is 0.279 e. The van der Waals surface area contributed by atoms with Crippen LogP contribution in [0.15, 0.2) is 71.8 Å². The molecular formula is C28H26FN3O6S. The van der Waals surface area contributed by atoms with Crippen LogP contribution in [-0.4, -0.2) is 53.0 Å². The molecule has 0 spiro atoms. The molecule has 0 radical (unpaired) electrons. The predicted octanol–water partition coefficient (Wildman–Crippen LogP) is 4.26. The second kappa shape index (κ2) is 12.4. The van der Waals surface area contributed by atoms with Crippen LogP contribution in [0.25, 0.3) is 0 Å². The van der Waals surface area contributed by atoms with E-state index < -0.39 is 23.0 Å². The predicted molar refractivity (Wildman–Crippen MR) is 144 cm³/mol. The zero-order valence-corrected chi connectivity index (χ0v) is 22.0. The molecule has 1 heterocycles. The maximum atomic E-state index is 13.6. The lowest BCUT2D eigenvalue weighted by Crippen LogP contribution is -2.30. The molecule has 9 nitrogen and oxygen atoms in total. The van der Waals surface area contributed by atoms with E-state index in [2.05, 4.69) is 10.4 Å². The number of thioether (sulfide) groups is 1. The Morgan fingerprint density at radius 1 is 1.08 bits per heavy atom. The number of Topliss-reactive ketones (excluding diaryl/α,β-unsaturated/α-hetero) is 1. The number of carbonyl (C=O) groups excluding carboxylic acids is 3. The topological polar surface area (TPSA) is 118 Å². The van der Waals surface area contributed by atoms with Crippen molar-refractivity contribution in [2.24, 2.45) is 5.10 Å². The summed E-state index contributed by atoms with van der Waals surface area (Å²) in [5.41, 5.74) is 1.19. The number of amides is 2. The lowest BCUT2D eigenvalue weighted by molar-refractivity contribution is -0.123. The van der Waals surface area contributed by atoms with Gasteiger partial charge >= 0.3 is 0 Å². The summed E-state index contributed by atoms with van der Waals surface area (Å²) in [6.45, 7) is 1.34. The van der Waals surface area contributed by atoms with Gasteiger partial charge in [-0.1, -0.05) is 36.0 Å². The number of aromatic hydroxyl groups is 1. The molecule has 0 saturated heterocycles. The van der Waals surface area contributed by atoms with Crippen LogP contribution in [0.3, 0.4) is 0 Å². The number of benzene rings is 3. The minimum absolute atomic E-state index is 0.0372. The first kappa shape index (κ1) is 27.6. The number of methoxy groups -OCH3 is 1. The first-order chi connectivity index (χ1) is 18.8. The van der Waals surface area contributed by atoms with Gasteiger partial charge in [-0.25, -0.2) is 9.40 Å². The number of carbonyl (C=O) groups is 3. The summed E-state index contributed by atoms with van der Waals surface area (Å²) < 4.78 is 24.9. The highest BCUT2D eigenvalue weighted by Crippen LogP contribution is 2.47. The van der Waals surface area contributed by atoms with Gasteiger partial charge in [-0.3, -0.25) is 14.4 Å². The van der Waals surface area contributed by atoms with E-state index in [0.717, 1.165) is 0 Å². The summed E-state index contributed by atoms with van der Waals surface area (Å²) in [4.78, 5) is 36.8. The molecule has 2 amide bonds. The number of hydrogen-bond acceptors (Lipinski definition) is 8. The Labute approximate surface area is 228 Å². The summed E-state index contributed by atoms with van der Waals surface area (Å²) >= 11 is 1.24. The molecule has 3 aromatic rings. The average Bonchev–Trinajstić information content (AvgIpc) is 3.37. The van der Waals surface area contributed by atoms with E-state index in [1.807, 2.05) is 0 Å². The van der Waals surface area contributed by atoms with Crippen LogP contribution in [-0.2, 0) is 9.59 Å². The molecule has 0 bridgehead atoms. The molecular weight excluding hydrogens is 525 g/mol. The quantitative estimate of drug-likeness (QED) is 0.387. The van der Waals surface area contributed by atoms with Crippen molar-refractivity contribution >= 4 is 34.4 Å². The molecule has 0 aliphatic carbocycles. The third-order valence-electron chi connectivity index (χ3n) is 5.72. The highest BCUT2D eigenvalue weighted by atomic mass is 32.2. The van der Waals surface area contributed by atoms with E-state index >= 15 is 0 Å². The minimum Gasteiger partial charge on any atom is -0.507 e. The first-order valence-corrected chi connectivity index (χ1v) is 12.8. The Kier molecular flexibility index (Phi) is 8.82. The molecule has 1 unspecified atom stereocenters. The van der Waals surface area contributed by atoms with Gasteiger partial charge in [0.05, 0.1) is 12.7 Å². The van der Waals surface area contributed by atoms with E-state index in [-0.39, 0.29) is 48.2 Å². The number of rotatable bonds is 10. The van der Waals surface area contributed by atoms with Gasteiger partial charge in [0, 0.05) is 24.1 Å². The average molecular weight is 552 g/mol. The number of phenols is 1. The van der Waals surface area contributed by atoms with Crippen LogP contribution < -0.4 is 14.8 Å². The van der Waals surface area contributed by atoms with Crippen molar-refractivity contribution in [3.8, 4) is 17.2 Å². The number of ketones is 1. The van der Waals surface area contributed by atoms with Crippen molar-refractivity contribution in [1.29, 1.82) is 0 Å². The molecule has 1 atom stereocenters.